The smallest absolute Gasteiger partial charge is 0.410 e. The molecule has 244 valence electrons. The molecule has 4 rings (SSSR count). The van der Waals surface area contributed by atoms with Gasteiger partial charge in [0.1, 0.15) is 16.9 Å². The van der Waals surface area contributed by atoms with E-state index in [1.807, 2.05) is 53.3 Å². The van der Waals surface area contributed by atoms with E-state index in [-0.39, 0.29) is 36.9 Å². The zero-order chi connectivity index (χ0) is 32.0. The molecule has 3 amide bonds. The summed E-state index contributed by atoms with van der Waals surface area (Å²) in [5.41, 5.74) is 0.782. The first-order chi connectivity index (χ1) is 20.9. The van der Waals surface area contributed by atoms with Crippen LogP contribution < -0.4 is 4.74 Å². The highest BCUT2D eigenvalue weighted by Gasteiger charge is 2.42. The van der Waals surface area contributed by atoms with Gasteiger partial charge in [0.05, 0.1) is 24.6 Å². The number of fused-ring (bicyclic) bond motifs is 1. The van der Waals surface area contributed by atoms with Crippen molar-refractivity contribution >= 4 is 28.9 Å². The van der Waals surface area contributed by atoms with Gasteiger partial charge in [0.15, 0.2) is 5.82 Å². The maximum absolute atomic E-state index is 14.6. The fourth-order valence-corrected chi connectivity index (χ4v) is 6.26. The Hall–Kier alpha value is -3.34. The number of methoxy groups -OCH3 is 2. The van der Waals surface area contributed by atoms with Crippen molar-refractivity contribution in [2.24, 2.45) is 11.8 Å². The number of carbonyl (C=O) groups is 3. The van der Waals surface area contributed by atoms with Crippen molar-refractivity contribution in [3.63, 3.8) is 0 Å². The Kier molecular flexibility index (Phi) is 11.2. The molecule has 2 aliphatic rings. The lowest BCUT2D eigenvalue weighted by Crippen LogP contribution is -2.58. The van der Waals surface area contributed by atoms with E-state index in [4.69, 9.17) is 19.2 Å². The molecule has 2 fully saturated rings. The number of rotatable bonds is 11. The van der Waals surface area contributed by atoms with Crippen LogP contribution in [0.1, 0.15) is 77.3 Å². The van der Waals surface area contributed by atoms with E-state index in [1.165, 1.54) is 0 Å². The number of carbonyl (C=O) groups excluding carboxylic acids is 3. The van der Waals surface area contributed by atoms with Gasteiger partial charge in [-0.3, -0.25) is 9.59 Å². The molecule has 0 saturated carbocycles. The number of aromatic nitrogens is 2. The van der Waals surface area contributed by atoms with Crippen molar-refractivity contribution in [2.45, 2.75) is 84.9 Å². The zero-order valence-corrected chi connectivity index (χ0v) is 27.6. The number of benzene rings is 1. The Bertz CT molecular complexity index is 1300. The second-order valence-electron chi connectivity index (χ2n) is 13.5. The SMILES string of the molecule is COCCCCn1c(C(=O)N(CC(C)C)C2C[C@@H](C(=O)N3CCCC3)CN(C(=O)OC(C)(C)C)C2)nc2c(OC)cccc21. The minimum atomic E-state index is -0.682. The van der Waals surface area contributed by atoms with Gasteiger partial charge in [-0.15, -0.1) is 0 Å². The van der Waals surface area contributed by atoms with Gasteiger partial charge < -0.3 is 33.5 Å². The van der Waals surface area contributed by atoms with Crippen LogP contribution in [0.5, 0.6) is 5.75 Å². The minimum absolute atomic E-state index is 0.0489. The van der Waals surface area contributed by atoms with Crippen molar-refractivity contribution in [1.82, 2.24) is 24.3 Å². The minimum Gasteiger partial charge on any atom is -0.494 e. The highest BCUT2D eigenvalue weighted by atomic mass is 16.6. The molecule has 1 unspecified atom stereocenters. The third-order valence-electron chi connectivity index (χ3n) is 8.24. The van der Waals surface area contributed by atoms with Gasteiger partial charge in [-0.2, -0.15) is 0 Å². The van der Waals surface area contributed by atoms with Crippen LogP contribution in [0.25, 0.3) is 11.0 Å². The fraction of sp³-hybridized carbons (Fsp3) is 0.697. The molecule has 0 bridgehead atoms. The van der Waals surface area contributed by atoms with Crippen LogP contribution in [-0.2, 0) is 20.8 Å². The molecule has 0 spiro atoms. The first-order valence-electron chi connectivity index (χ1n) is 16.0. The summed E-state index contributed by atoms with van der Waals surface area (Å²) < 4.78 is 18.6. The summed E-state index contributed by atoms with van der Waals surface area (Å²) in [6, 6.07) is 5.33. The second-order valence-corrected chi connectivity index (χ2v) is 13.5. The number of amides is 3. The summed E-state index contributed by atoms with van der Waals surface area (Å²) in [7, 11) is 3.28. The monoisotopic (exact) mass is 613 g/mol. The van der Waals surface area contributed by atoms with E-state index >= 15 is 0 Å². The topological polar surface area (TPSA) is 106 Å². The van der Waals surface area contributed by atoms with Gasteiger partial charge in [0.25, 0.3) is 5.91 Å². The predicted molar refractivity (Wildman–Crippen MR) is 169 cm³/mol. The second kappa shape index (κ2) is 14.6. The molecule has 2 saturated heterocycles. The van der Waals surface area contributed by atoms with Gasteiger partial charge in [0, 0.05) is 53.0 Å². The van der Waals surface area contributed by atoms with E-state index in [9.17, 15) is 14.4 Å². The summed E-state index contributed by atoms with van der Waals surface area (Å²) in [4.78, 5) is 51.9. The third kappa shape index (κ3) is 8.02. The molecule has 2 aromatic rings. The Morgan fingerprint density at radius 3 is 2.41 bits per heavy atom. The Morgan fingerprint density at radius 2 is 1.77 bits per heavy atom. The highest BCUT2D eigenvalue weighted by Crippen LogP contribution is 2.30. The quantitative estimate of drug-likeness (QED) is 0.335. The number of ether oxygens (including phenoxy) is 3. The first-order valence-corrected chi connectivity index (χ1v) is 16.0. The number of aryl methyl sites for hydroxylation is 1. The molecule has 44 heavy (non-hydrogen) atoms. The Balaban J connectivity index is 1.72. The molecule has 3 heterocycles. The number of nitrogens with zero attached hydrogens (tertiary/aromatic N) is 5. The Morgan fingerprint density at radius 1 is 1.05 bits per heavy atom. The fourth-order valence-electron chi connectivity index (χ4n) is 6.26. The molecule has 0 aliphatic carbocycles. The van der Waals surface area contributed by atoms with Gasteiger partial charge in [-0.25, -0.2) is 9.78 Å². The zero-order valence-electron chi connectivity index (χ0n) is 27.6. The van der Waals surface area contributed by atoms with Crippen LogP contribution in [0, 0.1) is 11.8 Å². The van der Waals surface area contributed by atoms with E-state index < -0.39 is 17.6 Å². The highest BCUT2D eigenvalue weighted by molar-refractivity contribution is 5.96. The normalized spacial score (nSPS) is 19.1. The van der Waals surface area contributed by atoms with Crippen LogP contribution in [0.2, 0.25) is 0 Å². The summed E-state index contributed by atoms with van der Waals surface area (Å²) in [5.74, 6) is 0.499. The molecule has 11 heteroatoms. The molecule has 1 aromatic carbocycles. The third-order valence-corrected chi connectivity index (χ3v) is 8.24. The number of imidazole rings is 1. The van der Waals surface area contributed by atoms with Gasteiger partial charge in [0.2, 0.25) is 5.91 Å². The van der Waals surface area contributed by atoms with Gasteiger partial charge in [-0.1, -0.05) is 19.9 Å². The maximum Gasteiger partial charge on any atom is 0.410 e. The van der Waals surface area contributed by atoms with Crippen LogP contribution in [-0.4, -0.2) is 107 Å². The Labute approximate surface area is 261 Å². The van der Waals surface area contributed by atoms with Gasteiger partial charge in [-0.05, 0) is 70.9 Å². The lowest BCUT2D eigenvalue weighted by Gasteiger charge is -2.43. The first kappa shape index (κ1) is 33.6. The molecule has 2 aliphatic heterocycles. The van der Waals surface area contributed by atoms with Crippen molar-refractivity contribution in [1.29, 1.82) is 0 Å². The molecule has 0 N–H and O–H groups in total. The number of unbranched alkanes of at least 4 members (excludes halogenated alkanes) is 1. The van der Waals surface area contributed by atoms with Crippen LogP contribution >= 0.6 is 0 Å². The van der Waals surface area contributed by atoms with E-state index in [0.717, 1.165) is 44.3 Å². The lowest BCUT2D eigenvalue weighted by atomic mass is 9.91. The lowest BCUT2D eigenvalue weighted by molar-refractivity contribution is -0.137. The van der Waals surface area contributed by atoms with Crippen molar-refractivity contribution in [2.75, 3.05) is 53.6 Å². The molecule has 2 atom stereocenters. The molecule has 1 aromatic heterocycles. The van der Waals surface area contributed by atoms with Crippen LogP contribution in [0.4, 0.5) is 4.79 Å². The number of para-hydroxylation sites is 1. The number of hydrogen-bond donors (Lipinski definition) is 0. The molecular formula is C33H51N5O6. The summed E-state index contributed by atoms with van der Waals surface area (Å²) in [6.45, 7) is 13.3. The standard InChI is InChI=1S/C33H51N5O6/c1-23(2)20-38(31(40)29-34-28-26(13-12-14-27(28)43-7)37(29)17-10-11-18-42-6)25-19-24(30(39)35-15-8-9-16-35)21-36(22-25)32(41)44-33(3,4)5/h12-14,23-25H,8-11,15-22H2,1-7H3/t24-,25?/m1/s1. The van der Waals surface area contributed by atoms with Crippen molar-refractivity contribution in [3.05, 3.63) is 24.0 Å². The van der Waals surface area contributed by atoms with Gasteiger partial charge >= 0.3 is 6.09 Å². The molecule has 11 nitrogen and oxygen atoms in total. The number of likely N-dealkylation sites (tertiary alicyclic amines) is 2. The van der Waals surface area contributed by atoms with Crippen LogP contribution in [0.3, 0.4) is 0 Å². The van der Waals surface area contributed by atoms with Crippen LogP contribution in [0.15, 0.2) is 18.2 Å². The number of piperidine rings is 1. The van der Waals surface area contributed by atoms with E-state index in [1.54, 1.807) is 19.1 Å². The summed E-state index contributed by atoms with van der Waals surface area (Å²) >= 11 is 0. The molecular weight excluding hydrogens is 562 g/mol. The average molecular weight is 614 g/mol. The summed E-state index contributed by atoms with van der Waals surface area (Å²) in [6.07, 6.45) is 3.64. The average Bonchev–Trinajstić information content (AvgIpc) is 3.65. The molecule has 0 radical (unpaired) electrons. The van der Waals surface area contributed by atoms with Crippen molar-refractivity contribution in [3.8, 4) is 5.75 Å². The largest absolute Gasteiger partial charge is 0.494 e. The van der Waals surface area contributed by atoms with E-state index in [2.05, 4.69) is 13.8 Å². The van der Waals surface area contributed by atoms with Crippen molar-refractivity contribution < 1.29 is 28.6 Å². The number of hydrogen-bond acceptors (Lipinski definition) is 7. The van der Waals surface area contributed by atoms with E-state index in [0.29, 0.717) is 43.2 Å². The maximum atomic E-state index is 14.6. The predicted octanol–water partition coefficient (Wildman–Crippen LogP) is 4.82. The summed E-state index contributed by atoms with van der Waals surface area (Å²) in [5, 5.41) is 0.